The van der Waals surface area contributed by atoms with Crippen molar-refractivity contribution in [3.8, 4) is 22.9 Å². The molecule has 2 heterocycles. The summed E-state index contributed by atoms with van der Waals surface area (Å²) >= 11 is 6.15. The lowest BCUT2D eigenvalue weighted by Gasteiger charge is -2.10. The molecular weight excluding hydrogens is 419 g/mol. The van der Waals surface area contributed by atoms with Gasteiger partial charge in [0.15, 0.2) is 5.65 Å². The number of halogens is 4. The van der Waals surface area contributed by atoms with Gasteiger partial charge < -0.3 is 9.47 Å². The van der Waals surface area contributed by atoms with Gasteiger partial charge in [-0.2, -0.15) is 0 Å². The van der Waals surface area contributed by atoms with Crippen LogP contribution in [0.2, 0.25) is 5.02 Å². The summed E-state index contributed by atoms with van der Waals surface area (Å²) in [4.78, 5) is 4.24. The molecule has 0 amide bonds. The second-order valence-corrected chi connectivity index (χ2v) is 6.76. The molecule has 4 rings (SSSR count). The Morgan fingerprint density at radius 3 is 2.63 bits per heavy atom. The van der Waals surface area contributed by atoms with Gasteiger partial charge in [-0.05, 0) is 29.8 Å². The summed E-state index contributed by atoms with van der Waals surface area (Å²) in [5.41, 5.74) is 2.48. The van der Waals surface area contributed by atoms with E-state index in [0.29, 0.717) is 40.8 Å². The van der Waals surface area contributed by atoms with Crippen molar-refractivity contribution in [3.63, 3.8) is 0 Å². The fraction of sp³-hybridized carbons (Fsp3) is 0.143. The van der Waals surface area contributed by atoms with Gasteiger partial charge in [0.05, 0.1) is 18.5 Å². The van der Waals surface area contributed by atoms with Crippen LogP contribution in [0.4, 0.5) is 13.2 Å². The van der Waals surface area contributed by atoms with E-state index in [1.54, 1.807) is 18.2 Å². The molecule has 154 valence electrons. The molecule has 0 saturated carbocycles. The van der Waals surface area contributed by atoms with E-state index in [0.717, 1.165) is 5.56 Å². The van der Waals surface area contributed by atoms with Gasteiger partial charge in [-0.25, -0.2) is 9.50 Å². The highest BCUT2D eigenvalue weighted by atomic mass is 35.5. The first-order chi connectivity index (χ1) is 14.4. The molecule has 0 aliphatic heterocycles. The average Bonchev–Trinajstić information content (AvgIpc) is 3.12. The highest BCUT2D eigenvalue weighted by Crippen LogP contribution is 2.28. The van der Waals surface area contributed by atoms with Gasteiger partial charge in [0.1, 0.15) is 5.75 Å². The molecule has 0 fully saturated rings. The fourth-order valence-electron chi connectivity index (χ4n) is 2.95. The second kappa shape index (κ2) is 8.23. The van der Waals surface area contributed by atoms with E-state index in [1.165, 1.54) is 28.9 Å². The lowest BCUT2D eigenvalue weighted by molar-refractivity contribution is -0.274. The SMILES string of the molecule is FC(F)(F)Oc1cccc(-c2cnc3ccc(OCCc4ccccc4Cl)nn23)c1. The van der Waals surface area contributed by atoms with Crippen LogP contribution >= 0.6 is 11.6 Å². The van der Waals surface area contributed by atoms with Crippen LogP contribution in [-0.4, -0.2) is 27.6 Å². The topological polar surface area (TPSA) is 48.7 Å². The molecule has 0 aliphatic rings. The van der Waals surface area contributed by atoms with Crippen molar-refractivity contribution in [2.45, 2.75) is 12.8 Å². The van der Waals surface area contributed by atoms with Crippen LogP contribution in [0.1, 0.15) is 5.56 Å². The number of nitrogens with zero attached hydrogens (tertiary/aromatic N) is 3. The van der Waals surface area contributed by atoms with Crippen LogP contribution in [0.3, 0.4) is 0 Å². The van der Waals surface area contributed by atoms with Crippen LogP contribution in [0.5, 0.6) is 11.6 Å². The minimum atomic E-state index is -4.76. The zero-order valence-corrected chi connectivity index (χ0v) is 16.2. The maximum Gasteiger partial charge on any atom is 0.573 e. The predicted octanol–water partition coefficient (Wildman–Crippen LogP) is 5.57. The van der Waals surface area contributed by atoms with Crippen molar-refractivity contribution >= 4 is 17.2 Å². The van der Waals surface area contributed by atoms with Gasteiger partial charge in [0, 0.05) is 23.1 Å². The fourth-order valence-corrected chi connectivity index (χ4v) is 3.18. The van der Waals surface area contributed by atoms with Crippen LogP contribution in [0.15, 0.2) is 66.9 Å². The average molecular weight is 434 g/mol. The molecule has 4 aromatic rings. The third-order valence-electron chi connectivity index (χ3n) is 4.28. The van der Waals surface area contributed by atoms with Gasteiger partial charge in [-0.15, -0.1) is 18.3 Å². The molecule has 0 N–H and O–H groups in total. The lowest BCUT2D eigenvalue weighted by atomic mass is 10.1. The molecule has 9 heteroatoms. The highest BCUT2D eigenvalue weighted by Gasteiger charge is 2.31. The number of hydrogen-bond donors (Lipinski definition) is 0. The number of fused-ring (bicyclic) bond motifs is 1. The van der Waals surface area contributed by atoms with Gasteiger partial charge in [-0.1, -0.05) is 41.9 Å². The van der Waals surface area contributed by atoms with E-state index in [4.69, 9.17) is 16.3 Å². The molecule has 0 bridgehead atoms. The molecule has 0 unspecified atom stereocenters. The Labute approximate surface area is 174 Å². The predicted molar refractivity (Wildman–Crippen MR) is 106 cm³/mol. The number of alkyl halides is 3. The van der Waals surface area contributed by atoms with Crippen molar-refractivity contribution in [1.29, 1.82) is 0 Å². The molecule has 0 spiro atoms. The summed E-state index contributed by atoms with van der Waals surface area (Å²) in [5.74, 6) is 0.0404. The van der Waals surface area contributed by atoms with E-state index in [-0.39, 0.29) is 5.75 Å². The molecule has 0 radical (unpaired) electrons. The van der Waals surface area contributed by atoms with Crippen LogP contribution in [-0.2, 0) is 6.42 Å². The minimum absolute atomic E-state index is 0.318. The number of benzene rings is 2. The van der Waals surface area contributed by atoms with E-state index in [9.17, 15) is 13.2 Å². The Bertz CT molecular complexity index is 1180. The van der Waals surface area contributed by atoms with Gasteiger partial charge in [0.25, 0.3) is 0 Å². The van der Waals surface area contributed by atoms with Crippen LogP contribution in [0, 0.1) is 0 Å². The largest absolute Gasteiger partial charge is 0.573 e. The summed E-state index contributed by atoms with van der Waals surface area (Å²) in [7, 11) is 0. The van der Waals surface area contributed by atoms with Crippen molar-refractivity contribution in [3.05, 3.63) is 77.4 Å². The molecule has 2 aromatic carbocycles. The first-order valence-electron chi connectivity index (χ1n) is 8.96. The van der Waals surface area contributed by atoms with Gasteiger partial charge in [-0.3, -0.25) is 0 Å². The Hall–Kier alpha value is -3.26. The molecule has 30 heavy (non-hydrogen) atoms. The molecule has 0 atom stereocenters. The van der Waals surface area contributed by atoms with Gasteiger partial charge >= 0.3 is 6.36 Å². The van der Waals surface area contributed by atoms with E-state index in [1.807, 2.05) is 24.3 Å². The van der Waals surface area contributed by atoms with Crippen molar-refractivity contribution < 1.29 is 22.6 Å². The number of hydrogen-bond acceptors (Lipinski definition) is 4. The third kappa shape index (κ3) is 4.65. The highest BCUT2D eigenvalue weighted by molar-refractivity contribution is 6.31. The van der Waals surface area contributed by atoms with E-state index < -0.39 is 6.36 Å². The van der Waals surface area contributed by atoms with Crippen molar-refractivity contribution in [2.75, 3.05) is 6.61 Å². The number of ether oxygens (including phenoxy) is 2. The third-order valence-corrected chi connectivity index (χ3v) is 4.65. The van der Waals surface area contributed by atoms with E-state index in [2.05, 4.69) is 14.8 Å². The molecule has 0 saturated heterocycles. The van der Waals surface area contributed by atoms with Gasteiger partial charge in [0.2, 0.25) is 5.88 Å². The second-order valence-electron chi connectivity index (χ2n) is 6.35. The number of rotatable bonds is 6. The summed E-state index contributed by atoms with van der Waals surface area (Å²) in [6.45, 7) is 0.362. The number of aromatic nitrogens is 3. The first kappa shape index (κ1) is 20.0. The molecular formula is C21H15ClF3N3O2. The minimum Gasteiger partial charge on any atom is -0.476 e. The van der Waals surface area contributed by atoms with Crippen LogP contribution in [0.25, 0.3) is 16.9 Å². The Morgan fingerprint density at radius 2 is 1.83 bits per heavy atom. The standard InChI is InChI=1S/C21H15ClF3N3O2/c22-17-7-2-1-4-14(17)10-11-29-20-9-8-19-26-13-18(28(19)27-20)15-5-3-6-16(12-15)30-21(23,24)25/h1-9,12-13H,10-11H2. The first-order valence-corrected chi connectivity index (χ1v) is 9.34. The Balaban J connectivity index is 1.55. The molecule has 2 aromatic heterocycles. The van der Waals surface area contributed by atoms with Crippen molar-refractivity contribution in [2.24, 2.45) is 0 Å². The smallest absolute Gasteiger partial charge is 0.476 e. The zero-order chi connectivity index (χ0) is 21.1. The van der Waals surface area contributed by atoms with E-state index >= 15 is 0 Å². The normalized spacial score (nSPS) is 11.6. The quantitative estimate of drug-likeness (QED) is 0.399. The maximum atomic E-state index is 12.5. The van der Waals surface area contributed by atoms with Crippen molar-refractivity contribution in [1.82, 2.24) is 14.6 Å². The summed E-state index contributed by atoms with van der Waals surface area (Å²) in [6, 6.07) is 16.5. The molecule has 0 aliphatic carbocycles. The maximum absolute atomic E-state index is 12.5. The Kier molecular flexibility index (Phi) is 5.50. The Morgan fingerprint density at radius 1 is 1.00 bits per heavy atom. The molecule has 5 nitrogen and oxygen atoms in total. The number of imidazole rings is 1. The van der Waals surface area contributed by atoms with Crippen LogP contribution < -0.4 is 9.47 Å². The monoisotopic (exact) mass is 433 g/mol. The lowest BCUT2D eigenvalue weighted by Crippen LogP contribution is -2.17. The zero-order valence-electron chi connectivity index (χ0n) is 15.4. The summed E-state index contributed by atoms with van der Waals surface area (Å²) in [5, 5.41) is 5.07. The summed E-state index contributed by atoms with van der Waals surface area (Å²) in [6.07, 6.45) is -2.63. The summed E-state index contributed by atoms with van der Waals surface area (Å²) < 4.78 is 48.8.